The Morgan fingerprint density at radius 2 is 1.79 bits per heavy atom. The van der Waals surface area contributed by atoms with E-state index >= 15 is 0 Å². The Morgan fingerprint density at radius 1 is 1.21 bits per heavy atom. The lowest BCUT2D eigenvalue weighted by Crippen LogP contribution is -2.38. The molecule has 0 radical (unpaired) electrons. The number of Topliss-reactive ketones (excluding diaryl/α,β-unsaturated/α-hetero) is 1. The molecule has 0 N–H and O–H groups in total. The highest BCUT2D eigenvalue weighted by Gasteiger charge is 2.16. The molecule has 0 saturated heterocycles. The molecule has 14 heavy (non-hydrogen) atoms. The number of amides is 1. The molecule has 0 atom stereocenters. The molecule has 0 aliphatic heterocycles. The van der Waals surface area contributed by atoms with Crippen LogP contribution in [0.4, 0.5) is 0 Å². The molecule has 5 nitrogen and oxygen atoms in total. The van der Waals surface area contributed by atoms with Gasteiger partial charge in [0.05, 0.1) is 13.7 Å². The maximum atomic E-state index is 11.3. The molecule has 0 rings (SSSR count). The van der Waals surface area contributed by atoms with E-state index in [9.17, 15) is 14.4 Å². The summed E-state index contributed by atoms with van der Waals surface area (Å²) in [6, 6.07) is 0. The first-order chi connectivity index (χ1) is 6.51. The quantitative estimate of drug-likeness (QED) is 0.587. The van der Waals surface area contributed by atoms with Crippen molar-refractivity contribution in [3.8, 4) is 0 Å². The van der Waals surface area contributed by atoms with Gasteiger partial charge in [-0.1, -0.05) is 6.92 Å². The minimum absolute atomic E-state index is 0.0399. The summed E-state index contributed by atoms with van der Waals surface area (Å²) in [4.78, 5) is 34.1. The number of ketones is 1. The molecule has 0 unspecified atom stereocenters. The van der Waals surface area contributed by atoms with Crippen LogP contribution in [0.5, 0.6) is 0 Å². The Hall–Kier alpha value is -1.39. The molecular formula is C9H15NO4. The van der Waals surface area contributed by atoms with Crippen molar-refractivity contribution in [2.45, 2.75) is 20.3 Å². The second-order valence-corrected chi connectivity index (χ2v) is 2.88. The summed E-state index contributed by atoms with van der Waals surface area (Å²) in [5.74, 6) is -0.908. The Labute approximate surface area is 83.0 Å². The van der Waals surface area contributed by atoms with Gasteiger partial charge in [-0.3, -0.25) is 14.4 Å². The van der Waals surface area contributed by atoms with Gasteiger partial charge < -0.3 is 9.64 Å². The van der Waals surface area contributed by atoms with Crippen molar-refractivity contribution in [1.29, 1.82) is 0 Å². The summed E-state index contributed by atoms with van der Waals surface area (Å²) < 4.78 is 4.41. The highest BCUT2D eigenvalue weighted by molar-refractivity contribution is 5.87. The highest BCUT2D eigenvalue weighted by atomic mass is 16.5. The molecule has 0 aromatic carbocycles. The number of esters is 1. The lowest BCUT2D eigenvalue weighted by Gasteiger charge is -2.18. The predicted molar refractivity (Wildman–Crippen MR) is 49.6 cm³/mol. The third-order valence-electron chi connectivity index (χ3n) is 1.62. The normalized spacial score (nSPS) is 9.36. The van der Waals surface area contributed by atoms with E-state index in [1.807, 2.05) is 0 Å². The number of ether oxygens (including phenoxy) is 1. The van der Waals surface area contributed by atoms with Gasteiger partial charge in [-0.15, -0.1) is 0 Å². The van der Waals surface area contributed by atoms with Crippen molar-refractivity contribution >= 4 is 17.7 Å². The average molecular weight is 201 g/mol. The van der Waals surface area contributed by atoms with E-state index in [4.69, 9.17) is 0 Å². The Kier molecular flexibility index (Phi) is 5.52. The Morgan fingerprint density at radius 3 is 2.14 bits per heavy atom. The van der Waals surface area contributed by atoms with Crippen LogP contribution in [0.1, 0.15) is 20.3 Å². The molecule has 0 spiro atoms. The monoisotopic (exact) mass is 201 g/mol. The minimum Gasteiger partial charge on any atom is -0.468 e. The first-order valence-electron chi connectivity index (χ1n) is 4.35. The molecule has 0 aromatic rings. The summed E-state index contributed by atoms with van der Waals surface area (Å²) in [7, 11) is 1.24. The minimum atomic E-state index is -0.520. The second kappa shape index (κ2) is 6.12. The molecule has 0 aromatic heterocycles. The third kappa shape index (κ3) is 4.59. The average Bonchev–Trinajstić information content (AvgIpc) is 2.14. The summed E-state index contributed by atoms with van der Waals surface area (Å²) >= 11 is 0. The van der Waals surface area contributed by atoms with Crippen LogP contribution in [0, 0.1) is 0 Å². The van der Waals surface area contributed by atoms with Gasteiger partial charge in [0, 0.05) is 6.42 Å². The highest BCUT2D eigenvalue weighted by Crippen LogP contribution is 1.95. The number of rotatable bonds is 5. The fourth-order valence-corrected chi connectivity index (χ4v) is 0.945. The van der Waals surface area contributed by atoms with Crippen molar-refractivity contribution in [3.05, 3.63) is 0 Å². The molecule has 0 heterocycles. The molecule has 0 aliphatic rings. The summed E-state index contributed by atoms with van der Waals surface area (Å²) in [5.41, 5.74) is 0. The van der Waals surface area contributed by atoms with E-state index < -0.39 is 5.97 Å². The summed E-state index contributed by atoms with van der Waals surface area (Å²) in [6.45, 7) is 2.84. The molecular weight excluding hydrogens is 186 g/mol. The largest absolute Gasteiger partial charge is 0.468 e. The van der Waals surface area contributed by atoms with Gasteiger partial charge in [0.15, 0.2) is 0 Å². The van der Waals surface area contributed by atoms with E-state index in [-0.39, 0.29) is 31.2 Å². The summed E-state index contributed by atoms with van der Waals surface area (Å²) in [5, 5.41) is 0. The molecule has 1 amide bonds. The standard InChI is InChI=1S/C9H15NO4/c1-4-8(12)10(5-7(2)11)6-9(13)14-3/h4-6H2,1-3H3. The van der Waals surface area contributed by atoms with Crippen LogP contribution < -0.4 is 0 Å². The molecule has 5 heteroatoms. The number of hydrogen-bond donors (Lipinski definition) is 0. The zero-order valence-corrected chi connectivity index (χ0v) is 8.70. The van der Waals surface area contributed by atoms with Gasteiger partial charge in [-0.25, -0.2) is 0 Å². The van der Waals surface area contributed by atoms with Crippen molar-refractivity contribution in [3.63, 3.8) is 0 Å². The third-order valence-corrected chi connectivity index (χ3v) is 1.62. The molecule has 0 fully saturated rings. The van der Waals surface area contributed by atoms with Crippen LogP contribution >= 0.6 is 0 Å². The zero-order valence-electron chi connectivity index (χ0n) is 8.70. The fourth-order valence-electron chi connectivity index (χ4n) is 0.945. The summed E-state index contributed by atoms with van der Waals surface area (Å²) in [6.07, 6.45) is 0.268. The number of nitrogens with zero attached hydrogens (tertiary/aromatic N) is 1. The van der Waals surface area contributed by atoms with Crippen LogP contribution in [0.25, 0.3) is 0 Å². The van der Waals surface area contributed by atoms with Crippen molar-refractivity contribution in [1.82, 2.24) is 4.90 Å². The van der Waals surface area contributed by atoms with E-state index in [1.165, 1.54) is 18.9 Å². The zero-order chi connectivity index (χ0) is 11.1. The van der Waals surface area contributed by atoms with E-state index in [0.29, 0.717) is 0 Å². The molecule has 80 valence electrons. The van der Waals surface area contributed by atoms with E-state index in [1.54, 1.807) is 6.92 Å². The maximum Gasteiger partial charge on any atom is 0.325 e. The van der Waals surface area contributed by atoms with Gasteiger partial charge in [-0.05, 0) is 6.92 Å². The van der Waals surface area contributed by atoms with Gasteiger partial charge in [0.25, 0.3) is 0 Å². The van der Waals surface area contributed by atoms with Crippen LogP contribution in [-0.2, 0) is 19.1 Å². The maximum absolute atomic E-state index is 11.3. The lowest BCUT2D eigenvalue weighted by molar-refractivity contribution is -0.147. The number of methoxy groups -OCH3 is 1. The van der Waals surface area contributed by atoms with Gasteiger partial charge >= 0.3 is 5.97 Å². The Balaban J connectivity index is 4.31. The van der Waals surface area contributed by atoms with Crippen LogP contribution in [0.2, 0.25) is 0 Å². The topological polar surface area (TPSA) is 63.7 Å². The smallest absolute Gasteiger partial charge is 0.325 e. The Bertz CT molecular complexity index is 237. The second-order valence-electron chi connectivity index (χ2n) is 2.88. The molecule has 0 bridgehead atoms. The SMILES string of the molecule is CCC(=O)N(CC(C)=O)CC(=O)OC. The molecule has 0 saturated carbocycles. The number of hydrogen-bond acceptors (Lipinski definition) is 4. The van der Waals surface area contributed by atoms with Gasteiger partial charge in [-0.2, -0.15) is 0 Å². The van der Waals surface area contributed by atoms with Crippen LogP contribution in [-0.4, -0.2) is 42.8 Å². The van der Waals surface area contributed by atoms with Crippen molar-refractivity contribution < 1.29 is 19.1 Å². The first kappa shape index (κ1) is 12.6. The van der Waals surface area contributed by atoms with E-state index in [0.717, 1.165) is 0 Å². The van der Waals surface area contributed by atoms with E-state index in [2.05, 4.69) is 4.74 Å². The van der Waals surface area contributed by atoms with Gasteiger partial charge in [0.2, 0.25) is 5.91 Å². The number of carbonyl (C=O) groups is 3. The number of carbonyl (C=O) groups excluding carboxylic acids is 3. The fraction of sp³-hybridized carbons (Fsp3) is 0.667. The molecule has 0 aliphatic carbocycles. The van der Waals surface area contributed by atoms with Crippen LogP contribution in [0.3, 0.4) is 0 Å². The lowest BCUT2D eigenvalue weighted by atomic mass is 10.3. The van der Waals surface area contributed by atoms with Crippen LogP contribution in [0.15, 0.2) is 0 Å². The first-order valence-corrected chi connectivity index (χ1v) is 4.35. The predicted octanol–water partition coefficient (Wildman–Crippen LogP) is -0.0130. The van der Waals surface area contributed by atoms with Crippen molar-refractivity contribution in [2.75, 3.05) is 20.2 Å². The van der Waals surface area contributed by atoms with Crippen molar-refractivity contribution in [2.24, 2.45) is 0 Å². The van der Waals surface area contributed by atoms with Gasteiger partial charge in [0.1, 0.15) is 12.3 Å².